The van der Waals surface area contributed by atoms with Gasteiger partial charge in [0, 0.05) is 19.5 Å². The first-order valence-electron chi connectivity index (χ1n) is 5.14. The second kappa shape index (κ2) is 5.70. The van der Waals surface area contributed by atoms with Crippen LogP contribution in [-0.4, -0.2) is 0 Å². The Kier molecular flexibility index (Phi) is 4.43. The molecule has 0 aliphatic heterocycles. The summed E-state index contributed by atoms with van der Waals surface area (Å²) in [5, 5.41) is 0.510. The second-order valence-corrected chi connectivity index (χ2v) is 6.05. The number of nitrogens with two attached hydrogens (primary N) is 1. The maximum atomic E-state index is 13.8. The summed E-state index contributed by atoms with van der Waals surface area (Å²) < 4.78 is 15.4. The minimum Gasteiger partial charge on any atom is -0.320 e. The van der Waals surface area contributed by atoms with Crippen molar-refractivity contribution >= 4 is 43.5 Å². The van der Waals surface area contributed by atoms with Crippen molar-refractivity contribution in [1.29, 1.82) is 0 Å². The lowest BCUT2D eigenvalue weighted by atomic mass is 9.99. The lowest BCUT2D eigenvalue weighted by molar-refractivity contribution is 0.599. The van der Waals surface area contributed by atoms with E-state index in [0.717, 1.165) is 8.95 Å². The highest BCUT2D eigenvalue weighted by Crippen LogP contribution is 2.31. The zero-order valence-corrected chi connectivity index (χ0v) is 13.1. The van der Waals surface area contributed by atoms with Gasteiger partial charge in [-0.15, -0.1) is 0 Å². The van der Waals surface area contributed by atoms with Crippen LogP contribution in [0.25, 0.3) is 0 Å². The van der Waals surface area contributed by atoms with E-state index < -0.39 is 6.04 Å². The summed E-state index contributed by atoms with van der Waals surface area (Å²) in [6, 6.07) is 9.45. The second-order valence-electron chi connectivity index (χ2n) is 3.81. The average molecular weight is 393 g/mol. The van der Waals surface area contributed by atoms with Crippen LogP contribution in [0.1, 0.15) is 17.2 Å². The molecule has 2 N–H and O–H groups in total. The minimum atomic E-state index is -0.594. The van der Waals surface area contributed by atoms with Gasteiger partial charge < -0.3 is 5.73 Å². The number of halogens is 4. The Morgan fingerprint density at radius 3 is 2.28 bits per heavy atom. The molecule has 0 aromatic heterocycles. The third-order valence-electron chi connectivity index (χ3n) is 2.59. The molecule has 0 radical (unpaired) electrons. The number of hydrogen-bond donors (Lipinski definition) is 1. The topological polar surface area (TPSA) is 26.0 Å². The van der Waals surface area contributed by atoms with Crippen molar-refractivity contribution in [2.45, 2.75) is 6.04 Å². The van der Waals surface area contributed by atoms with Crippen LogP contribution >= 0.6 is 43.5 Å². The molecule has 1 unspecified atom stereocenters. The fraction of sp³-hybridized carbons (Fsp3) is 0.0769. The zero-order chi connectivity index (χ0) is 13.3. The van der Waals surface area contributed by atoms with Crippen LogP contribution in [0.5, 0.6) is 0 Å². The SMILES string of the molecule is NC(c1cc(Br)ccc1F)c1ccc(Br)cc1Cl. The summed E-state index contributed by atoms with van der Waals surface area (Å²) in [5.41, 5.74) is 7.18. The van der Waals surface area contributed by atoms with Crippen molar-refractivity contribution in [3.8, 4) is 0 Å². The predicted molar refractivity (Wildman–Crippen MR) is 79.3 cm³/mol. The van der Waals surface area contributed by atoms with Crippen molar-refractivity contribution in [1.82, 2.24) is 0 Å². The molecule has 0 aliphatic rings. The summed E-state index contributed by atoms with van der Waals surface area (Å²) in [4.78, 5) is 0. The summed E-state index contributed by atoms with van der Waals surface area (Å²) in [6.45, 7) is 0. The molecule has 1 nitrogen and oxygen atoms in total. The largest absolute Gasteiger partial charge is 0.320 e. The van der Waals surface area contributed by atoms with E-state index in [0.29, 0.717) is 16.1 Å². The Hall–Kier alpha value is -0.420. The zero-order valence-electron chi connectivity index (χ0n) is 9.13. The third-order valence-corrected chi connectivity index (χ3v) is 3.90. The van der Waals surface area contributed by atoms with Crippen LogP contribution in [0.4, 0.5) is 4.39 Å². The maximum Gasteiger partial charge on any atom is 0.128 e. The van der Waals surface area contributed by atoms with Gasteiger partial charge in [0.1, 0.15) is 5.82 Å². The molecule has 5 heteroatoms. The molecular formula is C13H9Br2ClFN. The molecule has 0 saturated carbocycles. The van der Waals surface area contributed by atoms with Gasteiger partial charge in [-0.2, -0.15) is 0 Å². The molecule has 0 saturated heterocycles. The normalized spacial score (nSPS) is 12.5. The molecule has 0 heterocycles. The number of benzene rings is 2. The summed E-state index contributed by atoms with van der Waals surface area (Å²) >= 11 is 12.7. The van der Waals surface area contributed by atoms with Gasteiger partial charge in [-0.3, -0.25) is 0 Å². The number of hydrogen-bond acceptors (Lipinski definition) is 1. The molecule has 0 amide bonds. The molecule has 18 heavy (non-hydrogen) atoms. The maximum absolute atomic E-state index is 13.8. The van der Waals surface area contributed by atoms with Crippen LogP contribution in [0.3, 0.4) is 0 Å². The van der Waals surface area contributed by atoms with Gasteiger partial charge in [-0.25, -0.2) is 4.39 Å². The van der Waals surface area contributed by atoms with E-state index in [1.807, 2.05) is 6.07 Å². The monoisotopic (exact) mass is 391 g/mol. The molecule has 0 aliphatic carbocycles. The Labute approximate surface area is 126 Å². The lowest BCUT2D eigenvalue weighted by Crippen LogP contribution is -2.14. The van der Waals surface area contributed by atoms with Crippen molar-refractivity contribution < 1.29 is 4.39 Å². The first-order chi connectivity index (χ1) is 8.49. The average Bonchev–Trinajstić information content (AvgIpc) is 2.31. The van der Waals surface area contributed by atoms with Gasteiger partial charge in [-0.1, -0.05) is 49.5 Å². The van der Waals surface area contributed by atoms with Gasteiger partial charge in [0.05, 0.1) is 6.04 Å². The quantitative estimate of drug-likeness (QED) is 0.759. The Bertz CT molecular complexity index is 589. The highest BCUT2D eigenvalue weighted by Gasteiger charge is 2.16. The molecule has 2 aromatic carbocycles. The van der Waals surface area contributed by atoms with Gasteiger partial charge in [0.15, 0.2) is 0 Å². The number of rotatable bonds is 2. The van der Waals surface area contributed by atoms with Crippen LogP contribution in [0, 0.1) is 5.82 Å². The van der Waals surface area contributed by atoms with E-state index in [-0.39, 0.29) is 5.82 Å². The van der Waals surface area contributed by atoms with E-state index in [1.54, 1.807) is 24.3 Å². The van der Waals surface area contributed by atoms with Crippen LogP contribution in [-0.2, 0) is 0 Å². The van der Waals surface area contributed by atoms with Gasteiger partial charge in [0.2, 0.25) is 0 Å². The van der Waals surface area contributed by atoms with Crippen LogP contribution in [0.15, 0.2) is 45.3 Å². The highest BCUT2D eigenvalue weighted by molar-refractivity contribution is 9.10. The fourth-order valence-corrected chi connectivity index (χ4v) is 2.84. The molecule has 2 aromatic rings. The Morgan fingerprint density at radius 2 is 1.61 bits per heavy atom. The van der Waals surface area contributed by atoms with E-state index >= 15 is 0 Å². The fourth-order valence-electron chi connectivity index (χ4n) is 1.67. The molecule has 1 atom stereocenters. The molecule has 2 rings (SSSR count). The van der Waals surface area contributed by atoms with Crippen molar-refractivity contribution in [3.05, 3.63) is 67.3 Å². The van der Waals surface area contributed by atoms with Gasteiger partial charge in [0.25, 0.3) is 0 Å². The van der Waals surface area contributed by atoms with Crippen molar-refractivity contribution in [2.75, 3.05) is 0 Å². The first-order valence-corrected chi connectivity index (χ1v) is 7.11. The van der Waals surface area contributed by atoms with Crippen LogP contribution < -0.4 is 5.73 Å². The standard InChI is InChI=1S/C13H9Br2ClFN/c14-7-2-4-12(17)10(5-7)13(18)9-3-1-8(15)6-11(9)16/h1-6,13H,18H2. The predicted octanol–water partition coefficient (Wildman–Crippen LogP) is 5.05. The molecule has 0 fully saturated rings. The van der Waals surface area contributed by atoms with Crippen molar-refractivity contribution in [3.63, 3.8) is 0 Å². The minimum absolute atomic E-state index is 0.343. The third kappa shape index (κ3) is 2.94. The Balaban J connectivity index is 2.47. The summed E-state index contributed by atoms with van der Waals surface area (Å²) in [5.74, 6) is -0.343. The Morgan fingerprint density at radius 1 is 1.00 bits per heavy atom. The van der Waals surface area contributed by atoms with E-state index in [2.05, 4.69) is 31.9 Å². The van der Waals surface area contributed by atoms with E-state index in [9.17, 15) is 4.39 Å². The van der Waals surface area contributed by atoms with Crippen molar-refractivity contribution in [2.24, 2.45) is 5.73 Å². The smallest absolute Gasteiger partial charge is 0.128 e. The summed E-state index contributed by atoms with van der Waals surface area (Å²) in [7, 11) is 0. The molecule has 0 bridgehead atoms. The van der Waals surface area contributed by atoms with E-state index in [1.165, 1.54) is 6.07 Å². The molecular weight excluding hydrogens is 384 g/mol. The lowest BCUT2D eigenvalue weighted by Gasteiger charge is -2.15. The highest BCUT2D eigenvalue weighted by atomic mass is 79.9. The molecule has 94 valence electrons. The summed E-state index contributed by atoms with van der Waals surface area (Å²) in [6.07, 6.45) is 0. The van der Waals surface area contributed by atoms with Crippen LogP contribution in [0.2, 0.25) is 5.02 Å². The van der Waals surface area contributed by atoms with Gasteiger partial charge in [-0.05, 0) is 35.9 Å². The van der Waals surface area contributed by atoms with Gasteiger partial charge >= 0.3 is 0 Å². The molecule has 0 spiro atoms. The van der Waals surface area contributed by atoms with E-state index in [4.69, 9.17) is 17.3 Å². The first kappa shape index (κ1) is 14.0.